The monoisotopic (exact) mass is 372 g/mol. The molecule has 1 spiro atoms. The van der Waals surface area contributed by atoms with Crippen LogP contribution in [0.2, 0.25) is 0 Å². The number of carbonyl (C=O) groups is 2. The molecule has 2 heterocycles. The van der Waals surface area contributed by atoms with Crippen molar-refractivity contribution in [1.29, 1.82) is 0 Å². The van der Waals surface area contributed by atoms with Crippen molar-refractivity contribution in [2.24, 2.45) is 0 Å². The second-order valence-electron chi connectivity index (χ2n) is 8.26. The Morgan fingerprint density at radius 1 is 1.19 bits per heavy atom. The van der Waals surface area contributed by atoms with E-state index >= 15 is 0 Å². The number of hydrogen-bond acceptors (Lipinski definition) is 4. The predicted octanol–water partition coefficient (Wildman–Crippen LogP) is 3.36. The molecule has 0 saturated carbocycles. The van der Waals surface area contributed by atoms with E-state index in [1.807, 2.05) is 45.0 Å². The number of fused-ring (bicyclic) bond motifs is 1. The first-order chi connectivity index (χ1) is 12.7. The first-order valence-electron chi connectivity index (χ1n) is 9.38. The van der Waals surface area contributed by atoms with Crippen LogP contribution in [0, 0.1) is 0 Å². The van der Waals surface area contributed by atoms with E-state index in [2.05, 4.69) is 6.58 Å². The first kappa shape index (κ1) is 19.3. The van der Waals surface area contributed by atoms with Crippen LogP contribution in [0.1, 0.15) is 39.2 Å². The molecule has 2 aliphatic rings. The van der Waals surface area contributed by atoms with E-state index in [9.17, 15) is 9.59 Å². The molecule has 0 unspecified atom stereocenters. The fourth-order valence-corrected chi connectivity index (χ4v) is 3.58. The van der Waals surface area contributed by atoms with Gasteiger partial charge in [0.05, 0.1) is 6.54 Å². The van der Waals surface area contributed by atoms with Crippen LogP contribution < -0.4 is 4.74 Å². The van der Waals surface area contributed by atoms with Crippen molar-refractivity contribution in [3.05, 3.63) is 42.5 Å². The SMILES string of the molecule is C=CC(=O)N1Cc2ccccc2OC2(CCN(C(=O)OC(C)(C)C)CC2)C1. The zero-order chi connectivity index (χ0) is 19.7. The minimum absolute atomic E-state index is 0.107. The van der Waals surface area contributed by atoms with E-state index in [0.29, 0.717) is 39.0 Å². The molecule has 6 heteroatoms. The number of piperidine rings is 1. The fourth-order valence-electron chi connectivity index (χ4n) is 3.58. The molecule has 1 aromatic carbocycles. The van der Waals surface area contributed by atoms with Crippen molar-refractivity contribution < 1.29 is 19.1 Å². The number of nitrogens with zero attached hydrogens (tertiary/aromatic N) is 2. The van der Waals surface area contributed by atoms with Crippen LogP contribution in [0.25, 0.3) is 0 Å². The molecule has 6 nitrogen and oxygen atoms in total. The van der Waals surface area contributed by atoms with Gasteiger partial charge >= 0.3 is 6.09 Å². The lowest BCUT2D eigenvalue weighted by Crippen LogP contribution is -2.55. The van der Waals surface area contributed by atoms with Crippen LogP contribution in [0.5, 0.6) is 5.75 Å². The second-order valence-corrected chi connectivity index (χ2v) is 8.26. The number of amides is 2. The van der Waals surface area contributed by atoms with Crippen LogP contribution in [0.3, 0.4) is 0 Å². The van der Waals surface area contributed by atoms with E-state index in [1.54, 1.807) is 9.80 Å². The van der Waals surface area contributed by atoms with Gasteiger partial charge in [-0.3, -0.25) is 4.79 Å². The van der Waals surface area contributed by atoms with E-state index in [0.717, 1.165) is 11.3 Å². The van der Waals surface area contributed by atoms with Crippen molar-refractivity contribution in [3.63, 3.8) is 0 Å². The summed E-state index contributed by atoms with van der Waals surface area (Å²) in [4.78, 5) is 28.2. The Hall–Kier alpha value is -2.50. The average Bonchev–Trinajstić information content (AvgIpc) is 2.76. The summed E-state index contributed by atoms with van der Waals surface area (Å²) in [7, 11) is 0. The molecule has 0 atom stereocenters. The van der Waals surface area contributed by atoms with Crippen molar-refractivity contribution in [2.75, 3.05) is 19.6 Å². The molecule has 0 bridgehead atoms. The van der Waals surface area contributed by atoms with Gasteiger partial charge in [-0.25, -0.2) is 4.79 Å². The molecule has 0 aromatic heterocycles. The number of para-hydroxylation sites is 1. The van der Waals surface area contributed by atoms with Crippen molar-refractivity contribution in [3.8, 4) is 5.75 Å². The van der Waals surface area contributed by atoms with Gasteiger partial charge in [-0.1, -0.05) is 24.8 Å². The molecule has 0 N–H and O–H groups in total. The highest BCUT2D eigenvalue weighted by Crippen LogP contribution is 2.35. The van der Waals surface area contributed by atoms with Crippen LogP contribution in [-0.4, -0.2) is 52.6 Å². The molecule has 2 amide bonds. The average molecular weight is 372 g/mol. The lowest BCUT2D eigenvalue weighted by Gasteiger charge is -2.42. The molecule has 0 aliphatic carbocycles. The third-order valence-corrected chi connectivity index (χ3v) is 4.95. The lowest BCUT2D eigenvalue weighted by atomic mass is 9.90. The fraction of sp³-hybridized carbons (Fsp3) is 0.524. The van der Waals surface area contributed by atoms with Gasteiger partial charge in [-0.05, 0) is 32.9 Å². The number of carbonyl (C=O) groups excluding carboxylic acids is 2. The van der Waals surface area contributed by atoms with E-state index in [1.165, 1.54) is 6.08 Å². The number of likely N-dealkylation sites (tertiary alicyclic amines) is 1. The van der Waals surface area contributed by atoms with Gasteiger partial charge in [0.25, 0.3) is 0 Å². The summed E-state index contributed by atoms with van der Waals surface area (Å²) in [5.74, 6) is 0.701. The van der Waals surface area contributed by atoms with E-state index < -0.39 is 11.2 Å². The Morgan fingerprint density at radius 2 is 1.85 bits per heavy atom. The van der Waals surface area contributed by atoms with E-state index in [-0.39, 0.29) is 12.0 Å². The van der Waals surface area contributed by atoms with Gasteiger partial charge in [0, 0.05) is 38.0 Å². The molecule has 27 heavy (non-hydrogen) atoms. The van der Waals surface area contributed by atoms with Crippen molar-refractivity contribution in [1.82, 2.24) is 9.80 Å². The summed E-state index contributed by atoms with van der Waals surface area (Å²) in [6.45, 7) is 11.3. The molecule has 1 saturated heterocycles. The highest BCUT2D eigenvalue weighted by atomic mass is 16.6. The summed E-state index contributed by atoms with van der Waals surface area (Å²) in [5.41, 5.74) is -0.0415. The molecule has 3 rings (SSSR count). The van der Waals surface area contributed by atoms with Crippen LogP contribution in [0.4, 0.5) is 4.79 Å². The highest BCUT2D eigenvalue weighted by molar-refractivity contribution is 5.87. The van der Waals surface area contributed by atoms with Crippen LogP contribution in [-0.2, 0) is 16.1 Å². The van der Waals surface area contributed by atoms with Gasteiger partial charge in [-0.2, -0.15) is 0 Å². The number of ether oxygens (including phenoxy) is 2. The second kappa shape index (κ2) is 7.25. The first-order valence-corrected chi connectivity index (χ1v) is 9.38. The Labute approximate surface area is 160 Å². The summed E-state index contributed by atoms with van der Waals surface area (Å²) < 4.78 is 11.9. The molecular weight excluding hydrogens is 344 g/mol. The number of benzene rings is 1. The standard InChI is InChI=1S/C21H28N2O4/c1-5-18(24)23-14-16-8-6-7-9-17(16)26-21(15-23)10-12-22(13-11-21)19(25)27-20(2,3)4/h5-9H,1,10-15H2,2-4H3. The number of rotatable bonds is 1. The topological polar surface area (TPSA) is 59.1 Å². The van der Waals surface area contributed by atoms with Gasteiger partial charge < -0.3 is 19.3 Å². The zero-order valence-corrected chi connectivity index (χ0v) is 16.4. The maximum absolute atomic E-state index is 12.4. The summed E-state index contributed by atoms with van der Waals surface area (Å²) in [5, 5.41) is 0. The van der Waals surface area contributed by atoms with Crippen molar-refractivity contribution in [2.45, 2.75) is 51.4 Å². The molecule has 0 radical (unpaired) electrons. The Balaban J connectivity index is 1.78. The lowest BCUT2D eigenvalue weighted by molar-refractivity contribution is -0.130. The highest BCUT2D eigenvalue weighted by Gasteiger charge is 2.43. The molecule has 1 aromatic rings. The minimum atomic E-state index is -0.517. The third-order valence-electron chi connectivity index (χ3n) is 4.95. The Kier molecular flexibility index (Phi) is 5.18. The summed E-state index contributed by atoms with van der Waals surface area (Å²) in [6, 6.07) is 7.81. The normalized spacial score (nSPS) is 18.9. The molecule has 1 fully saturated rings. The maximum atomic E-state index is 12.4. The molecular formula is C21H28N2O4. The minimum Gasteiger partial charge on any atom is -0.485 e. The summed E-state index contributed by atoms with van der Waals surface area (Å²) in [6.07, 6.45) is 2.32. The number of hydrogen-bond donors (Lipinski definition) is 0. The van der Waals surface area contributed by atoms with Crippen molar-refractivity contribution >= 4 is 12.0 Å². The summed E-state index contributed by atoms with van der Waals surface area (Å²) >= 11 is 0. The largest absolute Gasteiger partial charge is 0.485 e. The van der Waals surface area contributed by atoms with Gasteiger partial charge in [-0.15, -0.1) is 0 Å². The quantitative estimate of drug-likeness (QED) is 0.709. The van der Waals surface area contributed by atoms with Crippen LogP contribution >= 0.6 is 0 Å². The van der Waals surface area contributed by atoms with Gasteiger partial charge in [0.1, 0.15) is 17.0 Å². The third kappa shape index (κ3) is 4.43. The smallest absolute Gasteiger partial charge is 0.410 e. The molecule has 146 valence electrons. The Morgan fingerprint density at radius 3 is 2.48 bits per heavy atom. The van der Waals surface area contributed by atoms with Gasteiger partial charge in [0.2, 0.25) is 5.91 Å². The molecule has 2 aliphatic heterocycles. The van der Waals surface area contributed by atoms with Crippen LogP contribution in [0.15, 0.2) is 36.9 Å². The van der Waals surface area contributed by atoms with E-state index in [4.69, 9.17) is 9.47 Å². The predicted molar refractivity (Wildman–Crippen MR) is 102 cm³/mol. The Bertz CT molecular complexity index is 730. The maximum Gasteiger partial charge on any atom is 0.410 e. The zero-order valence-electron chi connectivity index (χ0n) is 16.4. The van der Waals surface area contributed by atoms with Gasteiger partial charge in [0.15, 0.2) is 0 Å².